The number of alkyl halides is 3. The number of halogens is 3. The van der Waals surface area contributed by atoms with Gasteiger partial charge in [0.05, 0.1) is 5.56 Å². The lowest BCUT2D eigenvalue weighted by atomic mass is 10.2. The molecule has 0 aliphatic carbocycles. The molecule has 4 nitrogen and oxygen atoms in total. The van der Waals surface area contributed by atoms with Crippen molar-refractivity contribution in [1.29, 1.82) is 0 Å². The molecule has 2 amide bonds. The van der Waals surface area contributed by atoms with Crippen molar-refractivity contribution in [3.8, 4) is 0 Å². The average molecular weight is 246 g/mol. The maximum absolute atomic E-state index is 12.3. The Morgan fingerprint density at radius 1 is 1.29 bits per heavy atom. The van der Waals surface area contributed by atoms with Gasteiger partial charge < -0.3 is 11.1 Å². The minimum Gasteiger partial charge on any atom is -0.369 e. The van der Waals surface area contributed by atoms with Crippen LogP contribution in [0.4, 0.5) is 18.9 Å². The van der Waals surface area contributed by atoms with Crippen LogP contribution in [0.2, 0.25) is 0 Å². The third-order valence-electron chi connectivity index (χ3n) is 1.81. The van der Waals surface area contributed by atoms with Crippen LogP contribution >= 0.6 is 0 Å². The second kappa shape index (κ2) is 4.86. The molecule has 3 N–H and O–H groups in total. The molecule has 0 fully saturated rings. The molecule has 0 aliphatic heterocycles. The summed E-state index contributed by atoms with van der Waals surface area (Å²) in [5.41, 5.74) is 3.85. The summed E-state index contributed by atoms with van der Waals surface area (Å²) in [6, 6.07) is 4.10. The molecule has 1 aromatic carbocycles. The van der Waals surface area contributed by atoms with Gasteiger partial charge in [-0.15, -0.1) is 0 Å². The van der Waals surface area contributed by atoms with Gasteiger partial charge in [0.2, 0.25) is 11.8 Å². The number of carbonyl (C=O) groups is 2. The van der Waals surface area contributed by atoms with Crippen LogP contribution in [0.5, 0.6) is 0 Å². The van der Waals surface area contributed by atoms with Crippen molar-refractivity contribution >= 4 is 17.5 Å². The first kappa shape index (κ1) is 13.0. The molecule has 0 saturated carbocycles. The standard InChI is InChI=1S/C10H9F3N2O2/c11-10(12,13)6-2-1-3-7(4-6)15-9(17)5-8(14)16/h1-4H,5H2,(H2,14,16)(H,15,17). The first-order valence-corrected chi connectivity index (χ1v) is 4.54. The number of nitrogens with one attached hydrogen (secondary N) is 1. The number of rotatable bonds is 3. The first-order chi connectivity index (χ1) is 7.79. The largest absolute Gasteiger partial charge is 0.416 e. The van der Waals surface area contributed by atoms with Gasteiger partial charge in [0.1, 0.15) is 6.42 Å². The Hall–Kier alpha value is -2.05. The van der Waals surface area contributed by atoms with Gasteiger partial charge in [0.25, 0.3) is 0 Å². The lowest BCUT2D eigenvalue weighted by molar-refractivity contribution is -0.137. The van der Waals surface area contributed by atoms with Crippen LogP contribution < -0.4 is 11.1 Å². The highest BCUT2D eigenvalue weighted by atomic mass is 19.4. The third kappa shape index (κ3) is 4.13. The smallest absolute Gasteiger partial charge is 0.369 e. The quantitative estimate of drug-likeness (QED) is 0.793. The molecule has 0 saturated heterocycles. The fourth-order valence-corrected chi connectivity index (χ4v) is 1.14. The maximum Gasteiger partial charge on any atom is 0.416 e. The number of primary amides is 1. The van der Waals surface area contributed by atoms with Gasteiger partial charge in [0, 0.05) is 5.69 Å². The second-order valence-corrected chi connectivity index (χ2v) is 3.27. The van der Waals surface area contributed by atoms with Crippen molar-refractivity contribution in [2.45, 2.75) is 12.6 Å². The van der Waals surface area contributed by atoms with Gasteiger partial charge >= 0.3 is 6.18 Å². The van der Waals surface area contributed by atoms with Gasteiger partial charge in [-0.2, -0.15) is 13.2 Å². The Morgan fingerprint density at radius 2 is 1.94 bits per heavy atom. The number of hydrogen-bond acceptors (Lipinski definition) is 2. The predicted molar refractivity (Wildman–Crippen MR) is 53.9 cm³/mol. The van der Waals surface area contributed by atoms with Crippen LogP contribution in [-0.2, 0) is 15.8 Å². The van der Waals surface area contributed by atoms with E-state index < -0.39 is 30.0 Å². The number of nitrogens with two attached hydrogens (primary N) is 1. The molecule has 92 valence electrons. The molecule has 0 aromatic heterocycles. The predicted octanol–water partition coefficient (Wildman–Crippen LogP) is 1.52. The summed E-state index contributed by atoms with van der Waals surface area (Å²) in [5.74, 6) is -1.61. The van der Waals surface area contributed by atoms with Crippen LogP contribution in [0.25, 0.3) is 0 Å². The van der Waals surface area contributed by atoms with Gasteiger partial charge in [-0.05, 0) is 18.2 Å². The zero-order chi connectivity index (χ0) is 13.1. The van der Waals surface area contributed by atoms with E-state index >= 15 is 0 Å². The van der Waals surface area contributed by atoms with Crippen molar-refractivity contribution < 1.29 is 22.8 Å². The lowest BCUT2D eigenvalue weighted by Gasteiger charge is -2.09. The highest BCUT2D eigenvalue weighted by Gasteiger charge is 2.30. The summed E-state index contributed by atoms with van der Waals surface area (Å²) in [7, 11) is 0. The molecule has 1 rings (SSSR count). The number of hydrogen-bond donors (Lipinski definition) is 2. The highest BCUT2D eigenvalue weighted by Crippen LogP contribution is 2.30. The van der Waals surface area contributed by atoms with Crippen molar-refractivity contribution in [2.75, 3.05) is 5.32 Å². The Balaban J connectivity index is 2.79. The molecule has 17 heavy (non-hydrogen) atoms. The Kier molecular flexibility index (Phi) is 3.72. The van der Waals surface area contributed by atoms with Crippen molar-refractivity contribution in [1.82, 2.24) is 0 Å². The van der Waals surface area contributed by atoms with Crippen LogP contribution in [0.15, 0.2) is 24.3 Å². The molecular formula is C10H9F3N2O2. The van der Waals surface area contributed by atoms with Crippen molar-refractivity contribution in [3.05, 3.63) is 29.8 Å². The molecule has 0 heterocycles. The van der Waals surface area contributed by atoms with E-state index in [1.54, 1.807) is 0 Å². The van der Waals surface area contributed by atoms with E-state index in [9.17, 15) is 22.8 Å². The van der Waals surface area contributed by atoms with E-state index in [1.165, 1.54) is 6.07 Å². The van der Waals surface area contributed by atoms with Gasteiger partial charge in [0.15, 0.2) is 0 Å². The summed E-state index contributed by atoms with van der Waals surface area (Å²) in [4.78, 5) is 21.5. The average Bonchev–Trinajstić information content (AvgIpc) is 2.15. The zero-order valence-electron chi connectivity index (χ0n) is 8.54. The van der Waals surface area contributed by atoms with Crippen molar-refractivity contribution in [2.24, 2.45) is 5.73 Å². The molecule has 7 heteroatoms. The molecule has 0 spiro atoms. The minimum absolute atomic E-state index is 0.0360. The van der Waals surface area contributed by atoms with E-state index in [-0.39, 0.29) is 5.69 Å². The fraction of sp³-hybridized carbons (Fsp3) is 0.200. The molecule has 0 radical (unpaired) electrons. The van der Waals surface area contributed by atoms with Gasteiger partial charge in [-0.1, -0.05) is 6.07 Å². The fourth-order valence-electron chi connectivity index (χ4n) is 1.14. The summed E-state index contributed by atoms with van der Waals surface area (Å²) in [6.07, 6.45) is -5.05. The molecule has 0 aliphatic rings. The number of benzene rings is 1. The summed E-state index contributed by atoms with van der Waals surface area (Å²) < 4.78 is 37.0. The second-order valence-electron chi connectivity index (χ2n) is 3.27. The highest BCUT2D eigenvalue weighted by molar-refractivity contribution is 6.03. The molecule has 0 atom stereocenters. The van der Waals surface area contributed by atoms with E-state index in [0.717, 1.165) is 18.2 Å². The zero-order valence-corrected chi connectivity index (χ0v) is 8.54. The van der Waals surface area contributed by atoms with E-state index in [4.69, 9.17) is 5.73 Å². The topological polar surface area (TPSA) is 72.2 Å². The first-order valence-electron chi connectivity index (χ1n) is 4.54. The maximum atomic E-state index is 12.3. The van der Waals surface area contributed by atoms with Crippen LogP contribution in [0.3, 0.4) is 0 Å². The monoisotopic (exact) mass is 246 g/mol. The summed E-state index contributed by atoms with van der Waals surface area (Å²) in [5, 5.41) is 2.15. The number of carbonyl (C=O) groups excluding carboxylic acids is 2. The molecular weight excluding hydrogens is 237 g/mol. The van der Waals surface area contributed by atoms with Crippen LogP contribution in [-0.4, -0.2) is 11.8 Å². The van der Waals surface area contributed by atoms with Crippen molar-refractivity contribution in [3.63, 3.8) is 0 Å². The van der Waals surface area contributed by atoms with E-state index in [1.807, 2.05) is 0 Å². The van der Waals surface area contributed by atoms with Crippen LogP contribution in [0.1, 0.15) is 12.0 Å². The number of amides is 2. The molecule has 1 aromatic rings. The molecule has 0 unspecified atom stereocenters. The molecule has 0 bridgehead atoms. The Bertz CT molecular complexity index is 443. The summed E-state index contributed by atoms with van der Waals surface area (Å²) in [6.45, 7) is 0. The third-order valence-corrected chi connectivity index (χ3v) is 1.81. The Labute approximate surface area is 94.6 Å². The number of anilines is 1. The van der Waals surface area contributed by atoms with E-state index in [2.05, 4.69) is 5.32 Å². The van der Waals surface area contributed by atoms with Gasteiger partial charge in [-0.25, -0.2) is 0 Å². The SMILES string of the molecule is NC(=O)CC(=O)Nc1cccc(C(F)(F)F)c1. The lowest BCUT2D eigenvalue weighted by Crippen LogP contribution is -2.21. The summed E-state index contributed by atoms with van der Waals surface area (Å²) >= 11 is 0. The van der Waals surface area contributed by atoms with Crippen LogP contribution in [0, 0.1) is 0 Å². The normalized spacial score (nSPS) is 11.0. The minimum atomic E-state index is -4.48. The Morgan fingerprint density at radius 3 is 2.47 bits per heavy atom. The van der Waals surface area contributed by atoms with E-state index in [0.29, 0.717) is 0 Å². The van der Waals surface area contributed by atoms with Gasteiger partial charge in [-0.3, -0.25) is 9.59 Å².